The first-order valence-electron chi connectivity index (χ1n) is 11.3. The number of hydrogen-bond donors (Lipinski definition) is 2. The first-order chi connectivity index (χ1) is 15.7. The molecule has 1 aromatic heterocycles. The molecule has 2 atom stereocenters. The number of aromatic amines is 1. The van der Waals surface area contributed by atoms with Crippen LogP contribution in [0.15, 0.2) is 59.7 Å². The third kappa shape index (κ3) is 4.36. The Morgan fingerprint density at radius 2 is 2.09 bits per heavy atom. The first kappa shape index (κ1) is 21.0. The molecule has 32 heavy (non-hydrogen) atoms. The highest BCUT2D eigenvalue weighted by molar-refractivity contribution is 5.83. The lowest BCUT2D eigenvalue weighted by atomic mass is 10.1. The number of nitrogens with one attached hydrogen (secondary N) is 2. The van der Waals surface area contributed by atoms with E-state index in [0.717, 1.165) is 68.2 Å². The molecular weight excluding hydrogens is 405 g/mol. The van der Waals surface area contributed by atoms with Gasteiger partial charge in [-0.15, -0.1) is 0 Å². The Kier molecular flexibility index (Phi) is 6.10. The van der Waals surface area contributed by atoms with Crippen LogP contribution in [-0.4, -0.2) is 72.7 Å². The van der Waals surface area contributed by atoms with Crippen LogP contribution in [0.3, 0.4) is 0 Å². The summed E-state index contributed by atoms with van der Waals surface area (Å²) in [6, 6.07) is 15.9. The van der Waals surface area contributed by atoms with Gasteiger partial charge in [0.15, 0.2) is 5.96 Å². The molecule has 2 fully saturated rings. The number of rotatable bonds is 5. The SMILES string of the molecule is CN=C(NCCc1c[nH]c2ccc(F)cc12)N1CC2OCCN(Cc3ccccc3)C2C1. The van der Waals surface area contributed by atoms with Crippen molar-refractivity contribution in [2.75, 3.05) is 39.8 Å². The van der Waals surface area contributed by atoms with E-state index in [9.17, 15) is 4.39 Å². The van der Waals surface area contributed by atoms with Crippen molar-refractivity contribution in [2.24, 2.45) is 4.99 Å². The van der Waals surface area contributed by atoms with Crippen LogP contribution in [0.4, 0.5) is 4.39 Å². The molecule has 2 aromatic carbocycles. The fraction of sp³-hybridized carbons (Fsp3) is 0.400. The second-order valence-corrected chi connectivity index (χ2v) is 8.57. The number of nitrogens with zero attached hydrogens (tertiary/aromatic N) is 3. The zero-order valence-corrected chi connectivity index (χ0v) is 18.4. The smallest absolute Gasteiger partial charge is 0.193 e. The largest absolute Gasteiger partial charge is 0.373 e. The molecule has 2 unspecified atom stereocenters. The van der Waals surface area contributed by atoms with Crippen molar-refractivity contribution in [3.63, 3.8) is 0 Å². The van der Waals surface area contributed by atoms with Gasteiger partial charge in [-0.25, -0.2) is 4.39 Å². The Hall–Kier alpha value is -2.90. The Morgan fingerprint density at radius 3 is 2.94 bits per heavy atom. The van der Waals surface area contributed by atoms with Gasteiger partial charge in [0.1, 0.15) is 5.82 Å². The quantitative estimate of drug-likeness (QED) is 0.478. The zero-order chi connectivity index (χ0) is 21.9. The van der Waals surface area contributed by atoms with Gasteiger partial charge in [0, 0.05) is 56.9 Å². The van der Waals surface area contributed by atoms with Crippen LogP contribution < -0.4 is 5.32 Å². The maximum atomic E-state index is 13.6. The van der Waals surface area contributed by atoms with Gasteiger partial charge in [0.2, 0.25) is 0 Å². The van der Waals surface area contributed by atoms with Crippen molar-refractivity contribution >= 4 is 16.9 Å². The minimum Gasteiger partial charge on any atom is -0.373 e. The van der Waals surface area contributed by atoms with Gasteiger partial charge in [0.25, 0.3) is 0 Å². The van der Waals surface area contributed by atoms with Crippen molar-refractivity contribution in [3.05, 3.63) is 71.7 Å². The molecule has 6 nitrogen and oxygen atoms in total. The highest BCUT2D eigenvalue weighted by Gasteiger charge is 2.41. The zero-order valence-electron chi connectivity index (χ0n) is 18.4. The number of aromatic nitrogens is 1. The van der Waals surface area contributed by atoms with E-state index >= 15 is 0 Å². The molecule has 0 radical (unpaired) electrons. The normalized spacial score (nSPS) is 21.8. The summed E-state index contributed by atoms with van der Waals surface area (Å²) in [5.41, 5.74) is 3.41. The van der Waals surface area contributed by atoms with Crippen LogP contribution in [0.1, 0.15) is 11.1 Å². The summed E-state index contributed by atoms with van der Waals surface area (Å²) in [6.07, 6.45) is 2.95. The van der Waals surface area contributed by atoms with Crippen molar-refractivity contribution in [1.29, 1.82) is 0 Å². The van der Waals surface area contributed by atoms with Gasteiger partial charge in [-0.05, 0) is 35.7 Å². The van der Waals surface area contributed by atoms with E-state index < -0.39 is 0 Å². The van der Waals surface area contributed by atoms with Gasteiger partial charge in [-0.2, -0.15) is 0 Å². The van der Waals surface area contributed by atoms with E-state index in [0.29, 0.717) is 6.04 Å². The number of morpholine rings is 1. The molecule has 7 heteroatoms. The summed E-state index contributed by atoms with van der Waals surface area (Å²) in [6.45, 7) is 5.14. The Morgan fingerprint density at radius 1 is 1.22 bits per heavy atom. The first-order valence-corrected chi connectivity index (χ1v) is 11.3. The molecule has 168 valence electrons. The number of hydrogen-bond acceptors (Lipinski definition) is 3. The highest BCUT2D eigenvalue weighted by Crippen LogP contribution is 2.25. The Balaban J connectivity index is 1.20. The third-order valence-corrected chi connectivity index (χ3v) is 6.56. The average Bonchev–Trinajstić information content (AvgIpc) is 3.42. The van der Waals surface area contributed by atoms with E-state index in [1.807, 2.05) is 13.2 Å². The van der Waals surface area contributed by atoms with Crippen LogP contribution in [-0.2, 0) is 17.7 Å². The van der Waals surface area contributed by atoms with E-state index in [2.05, 4.69) is 55.4 Å². The van der Waals surface area contributed by atoms with Crippen LogP contribution in [0.2, 0.25) is 0 Å². The molecule has 2 aliphatic rings. The molecule has 2 N–H and O–H groups in total. The van der Waals surface area contributed by atoms with Crippen LogP contribution in [0, 0.1) is 5.82 Å². The highest BCUT2D eigenvalue weighted by atomic mass is 19.1. The van der Waals surface area contributed by atoms with Crippen molar-refractivity contribution < 1.29 is 9.13 Å². The molecule has 2 saturated heterocycles. The monoisotopic (exact) mass is 435 g/mol. The number of likely N-dealkylation sites (tertiary alicyclic amines) is 1. The minimum atomic E-state index is -0.207. The molecule has 0 amide bonds. The summed E-state index contributed by atoms with van der Waals surface area (Å²) in [5.74, 6) is 0.690. The Labute approximate surface area is 188 Å². The number of guanidine groups is 1. The number of fused-ring (bicyclic) bond motifs is 2. The van der Waals surface area contributed by atoms with E-state index in [1.54, 1.807) is 12.1 Å². The minimum absolute atomic E-state index is 0.197. The number of benzene rings is 2. The molecular formula is C25H30FN5O. The summed E-state index contributed by atoms with van der Waals surface area (Å²) in [5, 5.41) is 4.44. The van der Waals surface area contributed by atoms with Crippen molar-refractivity contribution in [3.8, 4) is 0 Å². The topological polar surface area (TPSA) is 55.9 Å². The predicted molar refractivity (Wildman–Crippen MR) is 125 cm³/mol. The lowest BCUT2D eigenvalue weighted by Gasteiger charge is -2.36. The maximum absolute atomic E-state index is 13.6. The number of H-pyrrole nitrogens is 1. The number of halogens is 1. The molecule has 3 heterocycles. The summed E-state index contributed by atoms with van der Waals surface area (Å²) in [4.78, 5) is 12.6. The lowest BCUT2D eigenvalue weighted by molar-refractivity contribution is -0.0502. The molecule has 0 aliphatic carbocycles. The van der Waals surface area contributed by atoms with Crippen LogP contribution >= 0.6 is 0 Å². The standard InChI is InChI=1S/C25H30FN5O/c1-27-25(28-10-9-19-14-29-22-8-7-20(26)13-21(19)22)31-16-23-24(17-31)32-12-11-30(23)15-18-5-3-2-4-6-18/h2-8,13-14,23-24,29H,9-12,15-17H2,1H3,(H,27,28). The fourth-order valence-electron chi connectivity index (χ4n) is 4.94. The molecule has 3 aromatic rings. The summed E-state index contributed by atoms with van der Waals surface area (Å²) >= 11 is 0. The van der Waals surface area contributed by atoms with Crippen LogP contribution in [0.25, 0.3) is 10.9 Å². The maximum Gasteiger partial charge on any atom is 0.193 e. The average molecular weight is 436 g/mol. The molecule has 0 bridgehead atoms. The number of aliphatic imine (C=N–C) groups is 1. The second-order valence-electron chi connectivity index (χ2n) is 8.57. The van der Waals surface area contributed by atoms with Crippen LogP contribution in [0.5, 0.6) is 0 Å². The van der Waals surface area contributed by atoms with Gasteiger partial charge in [0.05, 0.1) is 18.8 Å². The van der Waals surface area contributed by atoms with Gasteiger partial charge in [-0.1, -0.05) is 30.3 Å². The fourth-order valence-corrected chi connectivity index (χ4v) is 4.94. The molecule has 0 saturated carbocycles. The van der Waals surface area contributed by atoms with Gasteiger partial charge in [-0.3, -0.25) is 9.89 Å². The van der Waals surface area contributed by atoms with Crippen molar-refractivity contribution in [1.82, 2.24) is 20.1 Å². The van der Waals surface area contributed by atoms with E-state index in [-0.39, 0.29) is 11.9 Å². The van der Waals surface area contributed by atoms with Crippen molar-refractivity contribution in [2.45, 2.75) is 25.1 Å². The third-order valence-electron chi connectivity index (χ3n) is 6.56. The van der Waals surface area contributed by atoms with E-state index in [4.69, 9.17) is 4.74 Å². The molecule has 0 spiro atoms. The molecule has 2 aliphatic heterocycles. The summed E-state index contributed by atoms with van der Waals surface area (Å²) in [7, 11) is 1.83. The second kappa shape index (κ2) is 9.30. The van der Waals surface area contributed by atoms with Gasteiger partial charge >= 0.3 is 0 Å². The molecule has 5 rings (SSSR count). The Bertz CT molecular complexity index is 1080. The van der Waals surface area contributed by atoms with E-state index in [1.165, 1.54) is 11.6 Å². The number of ether oxygens (including phenoxy) is 1. The summed E-state index contributed by atoms with van der Waals surface area (Å²) < 4.78 is 19.8. The predicted octanol–water partition coefficient (Wildman–Crippen LogP) is 3.01. The van der Waals surface area contributed by atoms with Gasteiger partial charge < -0.3 is 19.9 Å². The lowest BCUT2D eigenvalue weighted by Crippen LogP contribution is -2.50.